The SMILES string of the molecule is COCCN1CCC2(CCN(Cc3cnc(SCc4ccccc4)nc3)C2)C1=O. The summed E-state index contributed by atoms with van der Waals surface area (Å²) in [4.78, 5) is 26.3. The largest absolute Gasteiger partial charge is 0.383 e. The van der Waals surface area contributed by atoms with Crippen molar-refractivity contribution in [2.75, 3.05) is 39.9 Å². The van der Waals surface area contributed by atoms with E-state index in [1.165, 1.54) is 5.56 Å². The second-order valence-electron chi connectivity index (χ2n) is 7.92. The molecule has 6 nitrogen and oxygen atoms in total. The van der Waals surface area contributed by atoms with Crippen molar-refractivity contribution in [3.63, 3.8) is 0 Å². The van der Waals surface area contributed by atoms with Crippen LogP contribution in [0.1, 0.15) is 24.0 Å². The molecule has 2 fully saturated rings. The Hall–Kier alpha value is -1.96. The van der Waals surface area contributed by atoms with Gasteiger partial charge in [0, 0.05) is 57.0 Å². The number of carbonyl (C=O) groups excluding carboxylic acids is 1. The summed E-state index contributed by atoms with van der Waals surface area (Å²) >= 11 is 1.65. The molecule has 154 valence electrons. The Balaban J connectivity index is 1.28. The molecule has 1 unspecified atom stereocenters. The van der Waals surface area contributed by atoms with E-state index >= 15 is 0 Å². The summed E-state index contributed by atoms with van der Waals surface area (Å²) in [7, 11) is 1.68. The molecule has 1 atom stereocenters. The Morgan fingerprint density at radius 1 is 1.10 bits per heavy atom. The maximum atomic E-state index is 12.9. The second-order valence-corrected chi connectivity index (χ2v) is 8.87. The lowest BCUT2D eigenvalue weighted by atomic mass is 9.85. The molecule has 2 aromatic rings. The topological polar surface area (TPSA) is 58.6 Å². The molecule has 3 heterocycles. The van der Waals surface area contributed by atoms with Crippen molar-refractivity contribution in [3.8, 4) is 0 Å². The van der Waals surface area contributed by atoms with Gasteiger partial charge in [0.25, 0.3) is 0 Å². The lowest BCUT2D eigenvalue weighted by Gasteiger charge is -2.23. The Labute approximate surface area is 176 Å². The predicted octanol–water partition coefficient (Wildman–Crippen LogP) is 2.84. The van der Waals surface area contributed by atoms with Gasteiger partial charge in [0.15, 0.2) is 5.16 Å². The summed E-state index contributed by atoms with van der Waals surface area (Å²) in [6.45, 7) is 4.75. The Morgan fingerprint density at radius 3 is 2.62 bits per heavy atom. The molecule has 4 rings (SSSR count). The number of amides is 1. The van der Waals surface area contributed by atoms with E-state index in [4.69, 9.17) is 4.74 Å². The first-order valence-corrected chi connectivity index (χ1v) is 11.2. The van der Waals surface area contributed by atoms with E-state index < -0.39 is 0 Å². The normalized spacial score (nSPS) is 22.1. The number of carbonyl (C=O) groups is 1. The van der Waals surface area contributed by atoms with Crippen molar-refractivity contribution in [3.05, 3.63) is 53.9 Å². The highest BCUT2D eigenvalue weighted by molar-refractivity contribution is 7.98. The first kappa shape index (κ1) is 20.3. The molecule has 0 N–H and O–H groups in total. The molecule has 0 radical (unpaired) electrons. The van der Waals surface area contributed by atoms with Crippen LogP contribution in [0.5, 0.6) is 0 Å². The molecule has 0 aliphatic carbocycles. The number of aromatic nitrogens is 2. The van der Waals surface area contributed by atoms with Crippen LogP contribution in [0.2, 0.25) is 0 Å². The van der Waals surface area contributed by atoms with Crippen LogP contribution in [-0.4, -0.2) is 65.6 Å². The molecule has 0 bridgehead atoms. The predicted molar refractivity (Wildman–Crippen MR) is 113 cm³/mol. The first-order chi connectivity index (χ1) is 14.2. The number of methoxy groups -OCH3 is 1. The lowest BCUT2D eigenvalue weighted by molar-refractivity contribution is -0.136. The van der Waals surface area contributed by atoms with Crippen molar-refractivity contribution in [2.45, 2.75) is 30.3 Å². The number of benzene rings is 1. The third-order valence-corrected chi connectivity index (χ3v) is 6.84. The average Bonchev–Trinajstić information content (AvgIpc) is 3.30. The van der Waals surface area contributed by atoms with Crippen LogP contribution in [0.4, 0.5) is 0 Å². The first-order valence-electron chi connectivity index (χ1n) is 10.2. The smallest absolute Gasteiger partial charge is 0.230 e. The third kappa shape index (κ3) is 4.79. The van der Waals surface area contributed by atoms with Gasteiger partial charge in [-0.25, -0.2) is 9.97 Å². The lowest BCUT2D eigenvalue weighted by Crippen LogP contribution is -2.38. The van der Waals surface area contributed by atoms with E-state index in [1.54, 1.807) is 18.9 Å². The second kappa shape index (κ2) is 9.24. The molecule has 1 aromatic heterocycles. The average molecular weight is 413 g/mol. The summed E-state index contributed by atoms with van der Waals surface area (Å²) in [6, 6.07) is 10.4. The van der Waals surface area contributed by atoms with Gasteiger partial charge in [-0.15, -0.1) is 0 Å². The van der Waals surface area contributed by atoms with Gasteiger partial charge in [0.2, 0.25) is 5.91 Å². The molecule has 1 amide bonds. The summed E-state index contributed by atoms with van der Waals surface area (Å²) < 4.78 is 5.14. The molecule has 2 aliphatic rings. The fourth-order valence-corrected chi connectivity index (χ4v) is 5.00. The zero-order valence-electron chi connectivity index (χ0n) is 16.9. The van der Waals surface area contributed by atoms with Gasteiger partial charge in [-0.2, -0.15) is 0 Å². The molecule has 2 aliphatic heterocycles. The monoisotopic (exact) mass is 412 g/mol. The minimum atomic E-state index is -0.194. The molecular weight excluding hydrogens is 384 g/mol. The number of hydrogen-bond acceptors (Lipinski definition) is 6. The Kier molecular flexibility index (Phi) is 6.47. The van der Waals surface area contributed by atoms with Crippen molar-refractivity contribution >= 4 is 17.7 Å². The van der Waals surface area contributed by atoms with Gasteiger partial charge >= 0.3 is 0 Å². The number of ether oxygens (including phenoxy) is 1. The molecular formula is C22H28N4O2S. The molecule has 29 heavy (non-hydrogen) atoms. The molecule has 1 spiro atoms. The zero-order valence-corrected chi connectivity index (χ0v) is 17.7. The molecule has 7 heteroatoms. The van der Waals surface area contributed by atoms with Crippen molar-refractivity contribution < 1.29 is 9.53 Å². The van der Waals surface area contributed by atoms with Crippen LogP contribution in [0.3, 0.4) is 0 Å². The van der Waals surface area contributed by atoms with E-state index in [2.05, 4.69) is 39.1 Å². The van der Waals surface area contributed by atoms with Gasteiger partial charge in [-0.05, 0) is 24.9 Å². The van der Waals surface area contributed by atoms with E-state index in [9.17, 15) is 4.79 Å². The van der Waals surface area contributed by atoms with E-state index in [1.807, 2.05) is 23.4 Å². The molecule has 0 saturated carbocycles. The van der Waals surface area contributed by atoms with Crippen LogP contribution < -0.4 is 0 Å². The maximum absolute atomic E-state index is 12.9. The van der Waals surface area contributed by atoms with Crippen LogP contribution in [0.15, 0.2) is 47.9 Å². The quantitative estimate of drug-likeness (QED) is 0.491. The number of thioether (sulfide) groups is 1. The van der Waals surface area contributed by atoms with Gasteiger partial charge in [-0.3, -0.25) is 9.69 Å². The highest BCUT2D eigenvalue weighted by Gasteiger charge is 2.50. The maximum Gasteiger partial charge on any atom is 0.230 e. The Bertz CT molecular complexity index is 817. The fraction of sp³-hybridized carbons (Fsp3) is 0.500. The van der Waals surface area contributed by atoms with Crippen LogP contribution in [0, 0.1) is 5.41 Å². The highest BCUT2D eigenvalue weighted by atomic mass is 32.2. The van der Waals surface area contributed by atoms with Crippen LogP contribution in [0.25, 0.3) is 0 Å². The third-order valence-electron chi connectivity index (χ3n) is 5.90. The van der Waals surface area contributed by atoms with E-state index in [0.717, 1.165) is 55.5 Å². The number of nitrogens with zero attached hydrogens (tertiary/aromatic N) is 4. The standard InChI is InChI=1S/C22H28N4O2S/c1-28-12-11-26-10-8-22(20(26)27)7-9-25(17-22)15-19-13-23-21(24-14-19)29-16-18-5-3-2-4-6-18/h2-6,13-14H,7-12,15-17H2,1H3. The van der Waals surface area contributed by atoms with Gasteiger partial charge in [0.05, 0.1) is 12.0 Å². The van der Waals surface area contributed by atoms with Crippen molar-refractivity contribution in [2.24, 2.45) is 5.41 Å². The molecule has 1 aromatic carbocycles. The van der Waals surface area contributed by atoms with Gasteiger partial charge in [0.1, 0.15) is 0 Å². The van der Waals surface area contributed by atoms with Crippen LogP contribution in [-0.2, 0) is 21.8 Å². The highest BCUT2D eigenvalue weighted by Crippen LogP contribution is 2.41. The fourth-order valence-electron chi connectivity index (χ4n) is 4.26. The summed E-state index contributed by atoms with van der Waals surface area (Å²) in [6.07, 6.45) is 5.75. The van der Waals surface area contributed by atoms with Gasteiger partial charge < -0.3 is 9.64 Å². The number of likely N-dealkylation sites (tertiary alicyclic amines) is 2. The Morgan fingerprint density at radius 2 is 1.86 bits per heavy atom. The summed E-state index contributed by atoms with van der Waals surface area (Å²) in [5.41, 5.74) is 2.18. The van der Waals surface area contributed by atoms with E-state index in [0.29, 0.717) is 19.1 Å². The van der Waals surface area contributed by atoms with Crippen LogP contribution >= 0.6 is 11.8 Å². The van der Waals surface area contributed by atoms with E-state index in [-0.39, 0.29) is 5.41 Å². The number of rotatable bonds is 8. The van der Waals surface area contributed by atoms with Gasteiger partial charge in [-0.1, -0.05) is 42.1 Å². The minimum absolute atomic E-state index is 0.194. The van der Waals surface area contributed by atoms with Crippen molar-refractivity contribution in [1.82, 2.24) is 19.8 Å². The number of hydrogen-bond donors (Lipinski definition) is 0. The summed E-state index contributed by atoms with van der Waals surface area (Å²) in [5, 5.41) is 0.801. The van der Waals surface area contributed by atoms with Crippen molar-refractivity contribution in [1.29, 1.82) is 0 Å². The summed E-state index contributed by atoms with van der Waals surface area (Å²) in [5.74, 6) is 1.18. The minimum Gasteiger partial charge on any atom is -0.383 e. The molecule has 2 saturated heterocycles. The zero-order chi connectivity index (χ0) is 20.1.